The number of hydrogen-bond acceptors (Lipinski definition) is 12. The van der Waals surface area contributed by atoms with Crippen LogP contribution in [0.5, 0.6) is 23.0 Å². The summed E-state index contributed by atoms with van der Waals surface area (Å²) in [5.74, 6) is 0.652. The highest BCUT2D eigenvalue weighted by molar-refractivity contribution is 6.08. The van der Waals surface area contributed by atoms with Crippen LogP contribution >= 0.6 is 0 Å². The highest BCUT2D eigenvalue weighted by Gasteiger charge is 2.42. The standard InChI is InChI=1S/C27H26O6.C23H24O6/c1-17(2)25(28)32-16-27(13-30-14-27)15-31-21-7-9-23-19(11-21)5-6-20-12-22(8-10-24(20)23)33-26(29)18(3)4;1-15(2)21(24)28-14-23(11-26-12-23)13-27-19-7-5-18-10-20(8-6-17(18)9-19)29-22(25)16(3)4/h5-12H,1,3,13-16H2,2,4H3;5-10H,1,3,11-14H2,2,4H3. The van der Waals surface area contributed by atoms with Crippen LogP contribution in [0, 0.1) is 10.8 Å². The van der Waals surface area contributed by atoms with Gasteiger partial charge in [-0.3, -0.25) is 0 Å². The number of carbonyl (C=O) groups is 4. The Morgan fingerprint density at radius 3 is 1.16 bits per heavy atom. The van der Waals surface area contributed by atoms with Gasteiger partial charge < -0.3 is 37.9 Å². The van der Waals surface area contributed by atoms with Crippen molar-refractivity contribution in [2.24, 2.45) is 10.8 Å². The van der Waals surface area contributed by atoms with Crippen LogP contribution in [0.3, 0.4) is 0 Å². The molecule has 12 nitrogen and oxygen atoms in total. The van der Waals surface area contributed by atoms with Crippen LogP contribution in [-0.4, -0.2) is 76.7 Å². The average Bonchev–Trinajstić information content (AvgIpc) is 3.22. The van der Waals surface area contributed by atoms with E-state index in [0.29, 0.717) is 79.2 Å². The van der Waals surface area contributed by atoms with Gasteiger partial charge in [-0.05, 0) is 109 Å². The van der Waals surface area contributed by atoms with E-state index in [1.165, 1.54) is 0 Å². The Morgan fingerprint density at radius 1 is 0.452 bits per heavy atom. The zero-order chi connectivity index (χ0) is 44.6. The minimum absolute atomic E-state index is 0.226. The van der Waals surface area contributed by atoms with E-state index in [1.807, 2.05) is 66.7 Å². The van der Waals surface area contributed by atoms with Crippen molar-refractivity contribution in [1.29, 1.82) is 0 Å². The van der Waals surface area contributed by atoms with Crippen molar-refractivity contribution in [3.63, 3.8) is 0 Å². The Labute approximate surface area is 360 Å². The number of carbonyl (C=O) groups excluding carboxylic acids is 4. The molecular formula is C50H50O12. The lowest BCUT2D eigenvalue weighted by Crippen LogP contribution is -2.51. The highest BCUT2D eigenvalue weighted by Crippen LogP contribution is 2.34. The van der Waals surface area contributed by atoms with Crippen molar-refractivity contribution in [2.75, 3.05) is 52.9 Å². The SMILES string of the molecule is C=C(C)C(=O)OCC1(COc2ccc3c(ccc4cc(OC(=O)C(=C)C)ccc43)c2)COC1.C=C(C)C(=O)OCC1(COc2ccc3cc(OC(=O)C(=C)C)ccc3c2)COC1. The summed E-state index contributed by atoms with van der Waals surface area (Å²) in [5.41, 5.74) is 0.738. The van der Waals surface area contributed by atoms with Crippen LogP contribution in [0.4, 0.5) is 0 Å². The summed E-state index contributed by atoms with van der Waals surface area (Å²) >= 11 is 0. The fourth-order valence-electron chi connectivity index (χ4n) is 6.28. The molecule has 0 amide bonds. The summed E-state index contributed by atoms with van der Waals surface area (Å²) in [6.07, 6.45) is 0. The van der Waals surface area contributed by atoms with Gasteiger partial charge in [0, 0.05) is 22.3 Å². The molecule has 0 saturated carbocycles. The summed E-state index contributed by atoms with van der Waals surface area (Å²) in [4.78, 5) is 46.8. The van der Waals surface area contributed by atoms with Crippen molar-refractivity contribution in [1.82, 2.24) is 0 Å². The summed E-state index contributed by atoms with van der Waals surface area (Å²) in [5, 5.41) is 5.97. The van der Waals surface area contributed by atoms with Gasteiger partial charge in [0.25, 0.3) is 0 Å². The number of rotatable bonds is 16. The van der Waals surface area contributed by atoms with E-state index >= 15 is 0 Å². The summed E-state index contributed by atoms with van der Waals surface area (Å²) in [6, 6.07) is 26.5. The van der Waals surface area contributed by atoms with Crippen molar-refractivity contribution in [3.05, 3.63) is 134 Å². The first kappa shape index (κ1) is 44.8. The van der Waals surface area contributed by atoms with E-state index in [4.69, 9.17) is 37.9 Å². The van der Waals surface area contributed by atoms with Gasteiger partial charge in [0.15, 0.2) is 0 Å². The van der Waals surface area contributed by atoms with E-state index in [9.17, 15) is 19.2 Å². The van der Waals surface area contributed by atoms with E-state index < -0.39 is 23.9 Å². The predicted molar refractivity (Wildman–Crippen MR) is 235 cm³/mol. The molecule has 12 heteroatoms. The normalized spacial score (nSPS) is 14.5. The molecule has 2 aliphatic rings. The maximum absolute atomic E-state index is 11.8. The van der Waals surface area contributed by atoms with Gasteiger partial charge in [-0.25, -0.2) is 19.2 Å². The molecule has 2 aliphatic heterocycles. The van der Waals surface area contributed by atoms with Crippen LogP contribution < -0.4 is 18.9 Å². The zero-order valence-corrected chi connectivity index (χ0v) is 35.5. The quantitative estimate of drug-likeness (QED) is 0.0406. The number of esters is 4. The molecule has 322 valence electrons. The predicted octanol–water partition coefficient (Wildman–Crippen LogP) is 8.83. The average molecular weight is 843 g/mol. The number of benzene rings is 5. The Balaban J connectivity index is 0.000000209. The van der Waals surface area contributed by atoms with E-state index in [-0.39, 0.29) is 24.0 Å². The first-order chi connectivity index (χ1) is 29.5. The van der Waals surface area contributed by atoms with Gasteiger partial charge >= 0.3 is 23.9 Å². The van der Waals surface area contributed by atoms with E-state index in [2.05, 4.69) is 26.3 Å². The lowest BCUT2D eigenvalue weighted by molar-refractivity contribution is -0.175. The lowest BCUT2D eigenvalue weighted by atomic mass is 9.88. The molecule has 0 bridgehead atoms. The van der Waals surface area contributed by atoms with Crippen molar-refractivity contribution >= 4 is 56.2 Å². The van der Waals surface area contributed by atoms with Gasteiger partial charge in [0.2, 0.25) is 0 Å². The molecule has 0 radical (unpaired) electrons. The molecule has 0 N–H and O–H groups in total. The third kappa shape index (κ3) is 11.1. The fourth-order valence-corrected chi connectivity index (χ4v) is 6.28. The van der Waals surface area contributed by atoms with E-state index in [1.54, 1.807) is 45.9 Å². The smallest absolute Gasteiger partial charge is 0.338 e. The number of hydrogen-bond donors (Lipinski definition) is 0. The molecule has 0 aliphatic carbocycles. The van der Waals surface area contributed by atoms with E-state index in [0.717, 1.165) is 38.1 Å². The number of ether oxygens (including phenoxy) is 8. The molecule has 0 unspecified atom stereocenters. The molecule has 62 heavy (non-hydrogen) atoms. The zero-order valence-electron chi connectivity index (χ0n) is 35.5. The highest BCUT2D eigenvalue weighted by atomic mass is 16.6. The summed E-state index contributed by atoms with van der Waals surface area (Å²) < 4.78 is 43.9. The molecule has 2 heterocycles. The maximum Gasteiger partial charge on any atom is 0.338 e. The Hall–Kier alpha value is -6.76. The molecule has 2 saturated heterocycles. The largest absolute Gasteiger partial charge is 0.493 e. The second-order valence-corrected chi connectivity index (χ2v) is 16.1. The fraction of sp³-hybridized carbons (Fsp3) is 0.280. The Bertz CT molecular complexity index is 2590. The van der Waals surface area contributed by atoms with Crippen molar-refractivity contribution in [3.8, 4) is 23.0 Å². The molecule has 0 spiro atoms. The van der Waals surface area contributed by atoms with Crippen molar-refractivity contribution < 1.29 is 57.1 Å². The molecule has 5 aromatic carbocycles. The van der Waals surface area contributed by atoms with Crippen LogP contribution in [0.1, 0.15) is 27.7 Å². The van der Waals surface area contributed by atoms with Crippen LogP contribution in [0.15, 0.2) is 134 Å². The lowest BCUT2D eigenvalue weighted by Gasteiger charge is -2.40. The van der Waals surface area contributed by atoms with Crippen LogP contribution in [0.25, 0.3) is 32.3 Å². The van der Waals surface area contributed by atoms with Gasteiger partial charge in [0.1, 0.15) is 49.4 Å². The third-order valence-corrected chi connectivity index (χ3v) is 10.1. The van der Waals surface area contributed by atoms with Gasteiger partial charge in [-0.2, -0.15) is 0 Å². The maximum atomic E-state index is 11.8. The number of fused-ring (bicyclic) bond motifs is 4. The molecular weight excluding hydrogens is 793 g/mol. The van der Waals surface area contributed by atoms with Crippen LogP contribution in [0.2, 0.25) is 0 Å². The van der Waals surface area contributed by atoms with Crippen molar-refractivity contribution in [2.45, 2.75) is 27.7 Å². The third-order valence-electron chi connectivity index (χ3n) is 10.1. The Morgan fingerprint density at radius 2 is 0.774 bits per heavy atom. The summed E-state index contributed by atoms with van der Waals surface area (Å²) in [6.45, 7) is 23.9. The molecule has 0 aromatic heterocycles. The summed E-state index contributed by atoms with van der Waals surface area (Å²) in [7, 11) is 0. The van der Waals surface area contributed by atoms with Gasteiger partial charge in [-0.1, -0.05) is 62.7 Å². The van der Waals surface area contributed by atoms with Gasteiger partial charge in [0.05, 0.1) is 37.3 Å². The van der Waals surface area contributed by atoms with Crippen LogP contribution in [-0.2, 0) is 38.1 Å². The molecule has 0 atom stereocenters. The van der Waals surface area contributed by atoms with Gasteiger partial charge in [-0.15, -0.1) is 0 Å². The second kappa shape index (κ2) is 19.3. The second-order valence-electron chi connectivity index (χ2n) is 16.1. The Kier molecular flexibility index (Phi) is 13.9. The topological polar surface area (TPSA) is 142 Å². The first-order valence-corrected chi connectivity index (χ1v) is 19.9. The first-order valence-electron chi connectivity index (χ1n) is 19.9. The minimum Gasteiger partial charge on any atom is -0.493 e. The molecule has 2 fully saturated rings. The molecule has 7 rings (SSSR count). The monoisotopic (exact) mass is 842 g/mol. The minimum atomic E-state index is -0.454. The molecule has 5 aromatic rings.